The number of amides is 1. The van der Waals surface area contributed by atoms with Gasteiger partial charge in [0.2, 0.25) is 0 Å². The Morgan fingerprint density at radius 2 is 2.03 bits per heavy atom. The van der Waals surface area contributed by atoms with Gasteiger partial charge in [-0.2, -0.15) is 0 Å². The Hall–Kier alpha value is -3.41. The zero-order valence-corrected chi connectivity index (χ0v) is 15.9. The van der Waals surface area contributed by atoms with Gasteiger partial charge in [0.25, 0.3) is 5.91 Å². The summed E-state index contributed by atoms with van der Waals surface area (Å²) in [4.78, 5) is 12.8. The smallest absolute Gasteiger partial charge is 0.259 e. The van der Waals surface area contributed by atoms with Crippen LogP contribution in [0.15, 0.2) is 72.0 Å². The molecular formula is C23H21F2NO3. The molecule has 1 aliphatic rings. The van der Waals surface area contributed by atoms with Gasteiger partial charge in [0, 0.05) is 29.8 Å². The average molecular weight is 397 g/mol. The third-order valence-electron chi connectivity index (χ3n) is 4.27. The number of hydrogen-bond donors (Lipinski definition) is 2. The van der Waals surface area contributed by atoms with Crippen molar-refractivity contribution >= 4 is 17.2 Å². The quantitative estimate of drug-likeness (QED) is 0.672. The number of aliphatic hydroxyl groups excluding tert-OH is 1. The van der Waals surface area contributed by atoms with Gasteiger partial charge < -0.3 is 15.2 Å². The Labute approximate surface area is 167 Å². The number of allylic oxidation sites excluding steroid dienone is 3. The first-order chi connectivity index (χ1) is 14.0. The fourth-order valence-corrected chi connectivity index (χ4v) is 2.86. The Bertz CT molecular complexity index is 1010. The first kappa shape index (κ1) is 20.3. The van der Waals surface area contributed by atoms with Crippen LogP contribution in [0.25, 0.3) is 5.57 Å². The van der Waals surface area contributed by atoms with E-state index in [0.717, 1.165) is 18.6 Å². The summed E-state index contributed by atoms with van der Waals surface area (Å²) in [6.07, 6.45) is 5.57. The maximum atomic E-state index is 14.2. The van der Waals surface area contributed by atoms with Gasteiger partial charge in [-0.05, 0) is 42.3 Å². The van der Waals surface area contributed by atoms with Crippen molar-refractivity contribution in [1.82, 2.24) is 0 Å². The van der Waals surface area contributed by atoms with Gasteiger partial charge in [0.1, 0.15) is 23.1 Å². The van der Waals surface area contributed by atoms with Crippen molar-refractivity contribution in [1.29, 1.82) is 0 Å². The highest BCUT2D eigenvalue weighted by atomic mass is 19.1. The minimum absolute atomic E-state index is 0.00797. The van der Waals surface area contributed by atoms with Crippen molar-refractivity contribution in [2.75, 3.05) is 11.9 Å². The van der Waals surface area contributed by atoms with E-state index in [4.69, 9.17) is 4.74 Å². The van der Waals surface area contributed by atoms with Crippen molar-refractivity contribution in [3.63, 3.8) is 0 Å². The third kappa shape index (κ3) is 5.10. The number of carbonyl (C=O) groups is 1. The first-order valence-corrected chi connectivity index (χ1v) is 9.28. The molecule has 0 bridgehead atoms. The lowest BCUT2D eigenvalue weighted by Crippen LogP contribution is -2.15. The summed E-state index contributed by atoms with van der Waals surface area (Å²) >= 11 is 0. The Morgan fingerprint density at radius 3 is 2.79 bits per heavy atom. The number of anilines is 1. The molecule has 0 saturated carbocycles. The molecule has 29 heavy (non-hydrogen) atoms. The summed E-state index contributed by atoms with van der Waals surface area (Å²) in [5, 5.41) is 13.0. The Balaban J connectivity index is 1.87. The molecule has 0 aliphatic heterocycles. The molecular weight excluding hydrogens is 376 g/mol. The molecule has 0 heterocycles. The van der Waals surface area contributed by atoms with Crippen LogP contribution >= 0.6 is 0 Å². The van der Waals surface area contributed by atoms with Crippen LogP contribution < -0.4 is 10.1 Å². The van der Waals surface area contributed by atoms with E-state index in [9.17, 15) is 18.7 Å². The lowest BCUT2D eigenvalue weighted by Gasteiger charge is -2.11. The van der Waals surface area contributed by atoms with E-state index in [1.165, 1.54) is 12.1 Å². The molecule has 0 radical (unpaired) electrons. The molecule has 4 nitrogen and oxygen atoms in total. The number of aliphatic hydroxyl groups is 1. The zero-order valence-electron chi connectivity index (χ0n) is 15.9. The average Bonchev–Trinajstić information content (AvgIpc) is 2.88. The minimum atomic E-state index is -0.747. The van der Waals surface area contributed by atoms with E-state index in [2.05, 4.69) is 5.32 Å². The van der Waals surface area contributed by atoms with Crippen LogP contribution in [0.4, 0.5) is 14.5 Å². The van der Waals surface area contributed by atoms with Crippen LogP contribution in [0.1, 0.15) is 25.3 Å². The molecule has 2 aromatic rings. The maximum Gasteiger partial charge on any atom is 0.259 e. The monoisotopic (exact) mass is 397 g/mol. The largest absolute Gasteiger partial charge is 0.511 e. The van der Waals surface area contributed by atoms with Crippen molar-refractivity contribution < 1.29 is 23.4 Å². The predicted molar refractivity (Wildman–Crippen MR) is 109 cm³/mol. The van der Waals surface area contributed by atoms with Gasteiger partial charge in [-0.1, -0.05) is 25.1 Å². The lowest BCUT2D eigenvalue weighted by molar-refractivity contribution is -0.112. The van der Waals surface area contributed by atoms with Crippen LogP contribution in [-0.4, -0.2) is 17.6 Å². The van der Waals surface area contributed by atoms with E-state index in [1.54, 1.807) is 36.4 Å². The van der Waals surface area contributed by atoms with Crippen LogP contribution in [-0.2, 0) is 4.79 Å². The molecule has 0 spiro atoms. The highest BCUT2D eigenvalue weighted by molar-refractivity contribution is 6.08. The predicted octanol–water partition coefficient (Wildman–Crippen LogP) is 5.55. The lowest BCUT2D eigenvalue weighted by atomic mass is 10.0. The second-order valence-corrected chi connectivity index (χ2v) is 6.52. The van der Waals surface area contributed by atoms with E-state index < -0.39 is 17.5 Å². The summed E-state index contributed by atoms with van der Waals surface area (Å²) in [5.74, 6) is -1.50. The van der Waals surface area contributed by atoms with Crippen molar-refractivity contribution in [3.8, 4) is 5.75 Å². The van der Waals surface area contributed by atoms with Gasteiger partial charge in [0.05, 0.1) is 12.2 Å². The topological polar surface area (TPSA) is 58.6 Å². The van der Waals surface area contributed by atoms with E-state index in [1.807, 2.05) is 6.92 Å². The first-order valence-electron chi connectivity index (χ1n) is 9.28. The normalized spacial score (nSPS) is 13.7. The molecule has 150 valence electrons. The number of nitrogens with one attached hydrogen (secondary N) is 1. The molecule has 6 heteroatoms. The van der Waals surface area contributed by atoms with Gasteiger partial charge >= 0.3 is 0 Å². The van der Waals surface area contributed by atoms with Gasteiger partial charge in [-0.25, -0.2) is 8.78 Å². The summed E-state index contributed by atoms with van der Waals surface area (Å²) < 4.78 is 32.9. The summed E-state index contributed by atoms with van der Waals surface area (Å²) in [6, 6.07) is 10.1. The molecule has 2 aromatic carbocycles. The number of hydrogen-bond acceptors (Lipinski definition) is 3. The molecule has 1 amide bonds. The number of halogens is 2. The fourth-order valence-electron chi connectivity index (χ4n) is 2.86. The summed E-state index contributed by atoms with van der Waals surface area (Å²) in [7, 11) is 0. The molecule has 1 aliphatic carbocycles. The van der Waals surface area contributed by atoms with Crippen LogP contribution in [0.3, 0.4) is 0 Å². The van der Waals surface area contributed by atoms with E-state index in [0.29, 0.717) is 23.6 Å². The molecule has 0 saturated heterocycles. The van der Waals surface area contributed by atoms with E-state index in [-0.39, 0.29) is 23.3 Å². The summed E-state index contributed by atoms with van der Waals surface area (Å²) in [5.41, 5.74) is 1.01. The standard InChI is InChI=1S/C23H21F2NO3/c1-2-11-29-18-7-4-6-17(14-18)26-23(28)20-12-15(5-3-8-22(20)27)19-10-9-16(24)13-21(19)25/h3-7,9-10,12-14,27H,2,8,11H2,1H3,(H,26,28). The SMILES string of the molecule is CCCOc1cccc(NC(=O)C2=C(O)CC=CC(c3ccc(F)cc3F)=C2)c1. The van der Waals surface area contributed by atoms with Crippen molar-refractivity contribution in [2.24, 2.45) is 0 Å². The Kier molecular flexibility index (Phi) is 6.44. The van der Waals surface area contributed by atoms with E-state index >= 15 is 0 Å². The van der Waals surface area contributed by atoms with Gasteiger partial charge in [0.15, 0.2) is 0 Å². The second-order valence-electron chi connectivity index (χ2n) is 6.52. The summed E-state index contributed by atoms with van der Waals surface area (Å²) in [6.45, 7) is 2.55. The van der Waals surface area contributed by atoms with Gasteiger partial charge in [-0.15, -0.1) is 0 Å². The van der Waals surface area contributed by atoms with Crippen LogP contribution in [0, 0.1) is 11.6 Å². The number of rotatable bonds is 6. The number of benzene rings is 2. The molecule has 0 unspecified atom stereocenters. The minimum Gasteiger partial charge on any atom is -0.511 e. The van der Waals surface area contributed by atoms with Crippen LogP contribution in [0.2, 0.25) is 0 Å². The third-order valence-corrected chi connectivity index (χ3v) is 4.27. The fraction of sp³-hybridized carbons (Fsp3) is 0.174. The molecule has 0 fully saturated rings. The highest BCUT2D eigenvalue weighted by Crippen LogP contribution is 2.27. The highest BCUT2D eigenvalue weighted by Gasteiger charge is 2.18. The molecule has 2 N–H and O–H groups in total. The number of ether oxygens (including phenoxy) is 1. The van der Waals surface area contributed by atoms with Gasteiger partial charge in [-0.3, -0.25) is 4.79 Å². The second kappa shape index (κ2) is 9.19. The molecule has 0 aromatic heterocycles. The van der Waals surface area contributed by atoms with Crippen LogP contribution in [0.5, 0.6) is 5.75 Å². The Morgan fingerprint density at radius 1 is 1.21 bits per heavy atom. The maximum absolute atomic E-state index is 14.2. The molecule has 3 rings (SSSR count). The molecule has 0 atom stereocenters. The van der Waals surface area contributed by atoms with Crippen molar-refractivity contribution in [2.45, 2.75) is 19.8 Å². The number of carbonyl (C=O) groups excluding carboxylic acids is 1. The van der Waals surface area contributed by atoms with Crippen molar-refractivity contribution in [3.05, 3.63) is 89.2 Å². The zero-order chi connectivity index (χ0) is 20.8.